The van der Waals surface area contributed by atoms with Crippen LogP contribution in [0.4, 0.5) is 0 Å². The quantitative estimate of drug-likeness (QED) is 0.112. The smallest absolute Gasteiger partial charge is 0.394 e. The molecule has 0 spiro atoms. The molecule has 36 heavy (non-hydrogen) atoms. The topological polar surface area (TPSA) is 234 Å². The van der Waals surface area contributed by atoms with Crippen LogP contribution in [-0.4, -0.2) is 103 Å². The third-order valence-electron chi connectivity index (χ3n) is 5.47. The van der Waals surface area contributed by atoms with Crippen LogP contribution in [0.5, 0.6) is 0 Å². The Kier molecular flexibility index (Phi) is 9.46. The Balaban J connectivity index is 1.56. The van der Waals surface area contributed by atoms with Gasteiger partial charge in [-0.05, 0) is 6.92 Å². The van der Waals surface area contributed by atoms with E-state index in [9.17, 15) is 44.1 Å². The average molecular weight is 578 g/mol. The minimum Gasteiger partial charge on any atom is -0.394 e. The minimum atomic E-state index is -5.43. The van der Waals surface area contributed by atoms with Gasteiger partial charge in [-0.15, -0.1) is 0 Å². The van der Waals surface area contributed by atoms with E-state index < -0.39 is 77.1 Å². The Labute approximate surface area is 210 Å². The van der Waals surface area contributed by atoms with E-state index in [0.717, 1.165) is 0 Å². The Morgan fingerprint density at radius 3 is 2.50 bits per heavy atom. The molecule has 0 aliphatic carbocycles. The summed E-state index contributed by atoms with van der Waals surface area (Å²) in [5, 5.41) is 40.6. The number of phosphoric ester groups is 2. The van der Waals surface area contributed by atoms with E-state index in [1.165, 1.54) is 11.1 Å². The van der Waals surface area contributed by atoms with Crippen molar-refractivity contribution in [2.45, 2.75) is 61.6 Å². The predicted molar refractivity (Wildman–Crippen MR) is 120 cm³/mol. The number of aliphatic hydroxyl groups excluding tert-OH is 4. The summed E-state index contributed by atoms with van der Waals surface area (Å²) in [5.41, 5.74) is 0.350. The minimum absolute atomic E-state index is 0.00453. The summed E-state index contributed by atoms with van der Waals surface area (Å²) in [7, 11) is -10.7. The Morgan fingerprint density at radius 1 is 1.19 bits per heavy atom. The molecule has 0 bridgehead atoms. The molecular formula is C17H28N2O14P2S. The molecule has 2 fully saturated rings. The van der Waals surface area contributed by atoms with E-state index in [2.05, 4.69) is 37.9 Å². The van der Waals surface area contributed by atoms with Gasteiger partial charge < -0.3 is 49.9 Å². The van der Waals surface area contributed by atoms with Gasteiger partial charge in [0, 0.05) is 18.2 Å². The van der Waals surface area contributed by atoms with Crippen molar-refractivity contribution in [3.05, 3.63) is 24.2 Å². The van der Waals surface area contributed by atoms with E-state index in [1.54, 1.807) is 6.92 Å². The summed E-state index contributed by atoms with van der Waals surface area (Å²) in [6, 6.07) is 0. The van der Waals surface area contributed by atoms with Crippen molar-refractivity contribution in [2.24, 2.45) is 0 Å². The van der Waals surface area contributed by atoms with Crippen molar-refractivity contribution in [3.63, 3.8) is 0 Å². The Morgan fingerprint density at radius 2 is 1.86 bits per heavy atom. The fraction of sp³-hybridized carbons (Fsp3) is 0.706. The van der Waals surface area contributed by atoms with Crippen LogP contribution in [0.3, 0.4) is 0 Å². The van der Waals surface area contributed by atoms with E-state index in [0.29, 0.717) is 5.57 Å². The molecule has 16 nitrogen and oxygen atoms in total. The SMILES string of the molecule is C=C1NC(=O)C(C)=CN1[C@H]1C[C@@H](O)[C@@H](COP(=O)(O)OP(=O)(O)O[C@H]2OC(CO)[C@@H](O)[C@H](S)C2O)O1. The fourth-order valence-corrected chi connectivity index (χ4v) is 6.05. The predicted octanol–water partition coefficient (Wildman–Crippen LogP) is -1.74. The number of ether oxygens (including phenoxy) is 2. The van der Waals surface area contributed by atoms with Crippen LogP contribution in [0.15, 0.2) is 24.2 Å². The van der Waals surface area contributed by atoms with Crippen molar-refractivity contribution in [1.29, 1.82) is 0 Å². The second-order valence-electron chi connectivity index (χ2n) is 8.17. The number of thiol groups is 1. The number of hydrogen-bond donors (Lipinski definition) is 8. The van der Waals surface area contributed by atoms with Crippen LogP contribution in [-0.2, 0) is 36.8 Å². The van der Waals surface area contributed by atoms with Gasteiger partial charge in [-0.2, -0.15) is 16.9 Å². The molecule has 0 saturated carbocycles. The van der Waals surface area contributed by atoms with Crippen LogP contribution in [0, 0.1) is 0 Å². The summed E-state index contributed by atoms with van der Waals surface area (Å²) in [5.74, 6) is -0.173. The average Bonchev–Trinajstić information content (AvgIpc) is 3.14. The maximum atomic E-state index is 12.3. The molecule has 10 atom stereocenters. The molecule has 0 aromatic carbocycles. The molecule has 206 valence electrons. The third kappa shape index (κ3) is 6.95. The van der Waals surface area contributed by atoms with Gasteiger partial charge in [0.25, 0.3) is 5.91 Å². The number of carbonyl (C=O) groups excluding carboxylic acids is 1. The summed E-state index contributed by atoms with van der Waals surface area (Å²) in [4.78, 5) is 32.9. The first-order valence-electron chi connectivity index (χ1n) is 10.4. The number of amides is 1. The number of nitrogens with one attached hydrogen (secondary N) is 1. The molecule has 1 amide bonds. The molecule has 3 aliphatic heterocycles. The fourth-order valence-electron chi connectivity index (χ4n) is 3.56. The van der Waals surface area contributed by atoms with Gasteiger partial charge in [0.1, 0.15) is 30.4 Å². The maximum absolute atomic E-state index is 12.3. The van der Waals surface area contributed by atoms with Crippen molar-refractivity contribution in [2.75, 3.05) is 13.2 Å². The molecule has 0 radical (unpaired) electrons. The van der Waals surface area contributed by atoms with Crippen LogP contribution in [0.25, 0.3) is 0 Å². The van der Waals surface area contributed by atoms with Crippen LogP contribution < -0.4 is 5.32 Å². The number of carbonyl (C=O) groups is 1. The molecule has 2 saturated heterocycles. The second-order valence-corrected chi connectivity index (χ2v) is 11.8. The summed E-state index contributed by atoms with van der Waals surface area (Å²) >= 11 is 3.93. The number of phosphoric acid groups is 2. The number of rotatable bonds is 9. The van der Waals surface area contributed by atoms with E-state index >= 15 is 0 Å². The Hall–Kier alpha value is -0.880. The van der Waals surface area contributed by atoms with Gasteiger partial charge in [-0.3, -0.25) is 13.8 Å². The lowest BCUT2D eigenvalue weighted by Crippen LogP contribution is -2.56. The number of hydrogen-bond acceptors (Lipinski definition) is 14. The zero-order valence-electron chi connectivity index (χ0n) is 18.8. The van der Waals surface area contributed by atoms with Crippen molar-refractivity contribution in [1.82, 2.24) is 10.2 Å². The first kappa shape index (κ1) is 29.7. The highest BCUT2D eigenvalue weighted by molar-refractivity contribution is 7.81. The molecule has 0 aromatic heterocycles. The van der Waals surface area contributed by atoms with E-state index in [1.807, 2.05) is 0 Å². The molecule has 3 aliphatic rings. The maximum Gasteiger partial charge on any atom is 0.483 e. The highest BCUT2D eigenvalue weighted by Gasteiger charge is 2.48. The standard InChI is InChI=1S/C17H28N2O14P2S/c1-7-4-19(8(2)18-16(7)24)12-3-9(21)11(30-12)6-29-34(25,26)33-35(27,28)32-17-14(23)15(36)13(22)10(5-20)31-17/h4,9-15,17,20-23,36H,2-3,5-6H2,1H3,(H,18,24)(H,25,26)(H,27,28)/t9-,10?,11-,12-,13-,14?,15+,17-/m1/s1. The molecule has 7 N–H and O–H groups in total. The highest BCUT2D eigenvalue weighted by atomic mass is 32.1. The second kappa shape index (κ2) is 11.5. The van der Waals surface area contributed by atoms with Gasteiger partial charge in [0.05, 0.1) is 30.7 Å². The summed E-state index contributed by atoms with van der Waals surface area (Å²) in [6.07, 6.45) is -8.22. The van der Waals surface area contributed by atoms with Gasteiger partial charge in [-0.1, -0.05) is 6.58 Å². The Bertz CT molecular complexity index is 981. The van der Waals surface area contributed by atoms with Gasteiger partial charge in [0.15, 0.2) is 6.29 Å². The number of nitrogens with zero attached hydrogens (tertiary/aromatic N) is 1. The summed E-state index contributed by atoms with van der Waals surface area (Å²) < 4.78 is 48.6. The largest absolute Gasteiger partial charge is 0.483 e. The zero-order valence-corrected chi connectivity index (χ0v) is 21.4. The van der Waals surface area contributed by atoms with Crippen LogP contribution in [0.1, 0.15) is 13.3 Å². The van der Waals surface area contributed by atoms with Crippen molar-refractivity contribution >= 4 is 34.2 Å². The first-order chi connectivity index (χ1) is 16.6. The lowest BCUT2D eigenvalue weighted by atomic mass is 10.0. The van der Waals surface area contributed by atoms with Crippen LogP contribution in [0.2, 0.25) is 0 Å². The monoisotopic (exact) mass is 578 g/mol. The van der Waals surface area contributed by atoms with E-state index in [-0.39, 0.29) is 18.1 Å². The molecule has 3 heterocycles. The van der Waals surface area contributed by atoms with Crippen molar-refractivity contribution < 1.29 is 67.0 Å². The number of aliphatic hydroxyl groups is 4. The van der Waals surface area contributed by atoms with Gasteiger partial charge in [-0.25, -0.2) is 9.13 Å². The molecular weight excluding hydrogens is 550 g/mol. The molecule has 19 heteroatoms. The molecule has 0 aromatic rings. The van der Waals surface area contributed by atoms with Crippen LogP contribution >= 0.6 is 28.3 Å². The van der Waals surface area contributed by atoms with Crippen molar-refractivity contribution in [3.8, 4) is 0 Å². The lowest BCUT2D eigenvalue weighted by molar-refractivity contribution is -0.241. The lowest BCUT2D eigenvalue weighted by Gasteiger charge is -2.40. The molecule has 3 rings (SSSR count). The van der Waals surface area contributed by atoms with Gasteiger partial charge >= 0.3 is 15.6 Å². The highest BCUT2D eigenvalue weighted by Crippen LogP contribution is 2.61. The van der Waals surface area contributed by atoms with E-state index in [4.69, 9.17) is 9.47 Å². The zero-order chi connectivity index (χ0) is 27.0. The van der Waals surface area contributed by atoms with Gasteiger partial charge in [0.2, 0.25) is 0 Å². The molecule has 4 unspecified atom stereocenters. The first-order valence-corrected chi connectivity index (χ1v) is 14.0. The normalized spacial score (nSPS) is 38.8. The summed E-state index contributed by atoms with van der Waals surface area (Å²) in [6.45, 7) is 3.74. The third-order valence-corrected chi connectivity index (χ3v) is 8.68.